The molecule has 1 aromatic carbocycles. The zero-order chi connectivity index (χ0) is 16.2. The number of nitrogens with zero attached hydrogens (tertiary/aromatic N) is 2. The first kappa shape index (κ1) is 15.6. The number of thioether (sulfide) groups is 1. The fourth-order valence-corrected chi connectivity index (χ4v) is 3.49. The predicted octanol–water partition coefficient (Wildman–Crippen LogP) is 1.29. The number of rotatable bonds is 4. The van der Waals surface area contributed by atoms with E-state index in [9.17, 15) is 9.59 Å². The van der Waals surface area contributed by atoms with Crippen LogP contribution < -0.4 is 15.6 Å². The SMILES string of the molecule is COc1cccc(CNC(=O)C2CSc3nccc(=O)n3C2)c1. The van der Waals surface area contributed by atoms with Crippen molar-refractivity contribution < 1.29 is 9.53 Å². The van der Waals surface area contributed by atoms with Gasteiger partial charge < -0.3 is 10.1 Å². The third kappa shape index (κ3) is 3.56. The standard InChI is InChI=1S/C16H17N3O3S/c1-22-13-4-2-3-11(7-13)8-18-15(21)12-9-19-14(20)5-6-17-16(19)23-10-12/h2-7,12H,8-10H2,1H3,(H,18,21). The molecule has 0 aliphatic carbocycles. The number of methoxy groups -OCH3 is 1. The fraction of sp³-hybridized carbons (Fsp3) is 0.312. The first-order valence-corrected chi connectivity index (χ1v) is 8.25. The molecule has 3 rings (SSSR count). The summed E-state index contributed by atoms with van der Waals surface area (Å²) >= 11 is 1.44. The second kappa shape index (κ2) is 6.87. The van der Waals surface area contributed by atoms with Crippen LogP contribution >= 0.6 is 11.8 Å². The molecule has 1 aliphatic rings. The van der Waals surface area contributed by atoms with Gasteiger partial charge in [-0.15, -0.1) is 0 Å². The smallest absolute Gasteiger partial charge is 0.254 e. The molecule has 23 heavy (non-hydrogen) atoms. The molecule has 0 spiro atoms. The highest BCUT2D eigenvalue weighted by Gasteiger charge is 2.26. The van der Waals surface area contributed by atoms with Gasteiger partial charge in [0.1, 0.15) is 5.75 Å². The number of fused-ring (bicyclic) bond motifs is 1. The van der Waals surface area contributed by atoms with Crippen LogP contribution in [0.3, 0.4) is 0 Å². The molecule has 120 valence electrons. The molecule has 7 heteroatoms. The lowest BCUT2D eigenvalue weighted by molar-refractivity contribution is -0.125. The van der Waals surface area contributed by atoms with Crippen LogP contribution in [-0.4, -0.2) is 28.3 Å². The topological polar surface area (TPSA) is 73.2 Å². The summed E-state index contributed by atoms with van der Waals surface area (Å²) in [7, 11) is 1.61. The molecule has 1 atom stereocenters. The Labute approximate surface area is 137 Å². The van der Waals surface area contributed by atoms with E-state index in [0.29, 0.717) is 24.0 Å². The lowest BCUT2D eigenvalue weighted by atomic mass is 10.1. The van der Waals surface area contributed by atoms with Gasteiger partial charge in [0.15, 0.2) is 5.16 Å². The van der Waals surface area contributed by atoms with E-state index in [4.69, 9.17) is 4.74 Å². The molecule has 1 N–H and O–H groups in total. The molecule has 0 saturated carbocycles. The Morgan fingerprint density at radius 1 is 1.48 bits per heavy atom. The number of hydrogen-bond acceptors (Lipinski definition) is 5. The van der Waals surface area contributed by atoms with Crippen molar-refractivity contribution in [2.45, 2.75) is 18.2 Å². The lowest BCUT2D eigenvalue weighted by Crippen LogP contribution is -2.39. The zero-order valence-corrected chi connectivity index (χ0v) is 13.5. The van der Waals surface area contributed by atoms with Gasteiger partial charge in [-0.1, -0.05) is 23.9 Å². The van der Waals surface area contributed by atoms with E-state index in [-0.39, 0.29) is 17.4 Å². The number of carbonyl (C=O) groups excluding carboxylic acids is 1. The van der Waals surface area contributed by atoms with Crippen LogP contribution in [0.2, 0.25) is 0 Å². The maximum absolute atomic E-state index is 12.4. The molecule has 0 fully saturated rings. The number of benzene rings is 1. The van der Waals surface area contributed by atoms with Gasteiger partial charge in [-0.05, 0) is 17.7 Å². The second-order valence-corrected chi connectivity index (χ2v) is 6.24. The molecule has 2 heterocycles. The van der Waals surface area contributed by atoms with E-state index in [1.54, 1.807) is 11.7 Å². The summed E-state index contributed by atoms with van der Waals surface area (Å²) in [6.07, 6.45) is 1.50. The van der Waals surface area contributed by atoms with E-state index >= 15 is 0 Å². The average molecular weight is 331 g/mol. The van der Waals surface area contributed by atoms with Crippen LogP contribution in [0, 0.1) is 5.92 Å². The van der Waals surface area contributed by atoms with Gasteiger partial charge in [0.25, 0.3) is 5.56 Å². The number of hydrogen-bond donors (Lipinski definition) is 1. The second-order valence-electron chi connectivity index (χ2n) is 5.25. The summed E-state index contributed by atoms with van der Waals surface area (Å²) in [6, 6.07) is 8.99. The molecular formula is C16H17N3O3S. The highest BCUT2D eigenvalue weighted by Crippen LogP contribution is 2.24. The largest absolute Gasteiger partial charge is 0.497 e. The monoisotopic (exact) mass is 331 g/mol. The van der Waals surface area contributed by atoms with Crippen LogP contribution in [0.5, 0.6) is 5.75 Å². The first-order valence-electron chi connectivity index (χ1n) is 7.26. The Balaban J connectivity index is 1.63. The number of amides is 1. The number of nitrogens with one attached hydrogen (secondary N) is 1. The summed E-state index contributed by atoms with van der Waals surface area (Å²) in [6.45, 7) is 0.810. The summed E-state index contributed by atoms with van der Waals surface area (Å²) < 4.78 is 6.73. The fourth-order valence-electron chi connectivity index (χ4n) is 2.42. The normalized spacial score (nSPS) is 16.5. The van der Waals surface area contributed by atoms with Crippen molar-refractivity contribution in [1.82, 2.24) is 14.9 Å². The van der Waals surface area contributed by atoms with Crippen molar-refractivity contribution in [3.8, 4) is 5.75 Å². The van der Waals surface area contributed by atoms with Crippen molar-refractivity contribution in [2.75, 3.05) is 12.9 Å². The van der Waals surface area contributed by atoms with E-state index < -0.39 is 0 Å². The van der Waals surface area contributed by atoms with E-state index in [1.165, 1.54) is 24.0 Å². The first-order chi connectivity index (χ1) is 11.2. The van der Waals surface area contributed by atoms with Crippen molar-refractivity contribution in [2.24, 2.45) is 5.92 Å². The Hall–Kier alpha value is -2.28. The van der Waals surface area contributed by atoms with E-state index in [0.717, 1.165) is 11.3 Å². The molecule has 2 aromatic rings. The van der Waals surface area contributed by atoms with Gasteiger partial charge in [0.2, 0.25) is 5.91 Å². The molecule has 1 unspecified atom stereocenters. The van der Waals surface area contributed by atoms with Crippen molar-refractivity contribution >= 4 is 17.7 Å². The van der Waals surface area contributed by atoms with Crippen molar-refractivity contribution in [3.63, 3.8) is 0 Å². The van der Waals surface area contributed by atoms with Gasteiger partial charge in [-0.25, -0.2) is 4.98 Å². The molecule has 1 aromatic heterocycles. The van der Waals surface area contributed by atoms with Crippen LogP contribution in [-0.2, 0) is 17.9 Å². The lowest BCUT2D eigenvalue weighted by Gasteiger charge is -2.23. The predicted molar refractivity (Wildman–Crippen MR) is 87.6 cm³/mol. The molecule has 1 aliphatic heterocycles. The molecule has 0 bridgehead atoms. The highest BCUT2D eigenvalue weighted by molar-refractivity contribution is 7.99. The Kier molecular flexibility index (Phi) is 4.66. The molecular weight excluding hydrogens is 314 g/mol. The highest BCUT2D eigenvalue weighted by atomic mass is 32.2. The van der Waals surface area contributed by atoms with Crippen molar-refractivity contribution in [1.29, 1.82) is 0 Å². The zero-order valence-electron chi connectivity index (χ0n) is 12.7. The van der Waals surface area contributed by atoms with Crippen LogP contribution in [0.4, 0.5) is 0 Å². The summed E-state index contributed by atoms with van der Waals surface area (Å²) in [5.74, 6) is 1.10. The van der Waals surface area contributed by atoms with E-state index in [2.05, 4.69) is 10.3 Å². The quantitative estimate of drug-likeness (QED) is 0.855. The summed E-state index contributed by atoms with van der Waals surface area (Å²) in [4.78, 5) is 28.4. The van der Waals surface area contributed by atoms with Crippen molar-refractivity contribution in [3.05, 3.63) is 52.4 Å². The summed E-state index contributed by atoms with van der Waals surface area (Å²) in [5, 5.41) is 3.60. The molecule has 0 saturated heterocycles. The molecule has 0 radical (unpaired) electrons. The third-order valence-electron chi connectivity index (χ3n) is 3.69. The number of ether oxygens (including phenoxy) is 1. The summed E-state index contributed by atoms with van der Waals surface area (Å²) in [5.41, 5.74) is 0.855. The van der Waals surface area contributed by atoms with Gasteiger partial charge in [-0.2, -0.15) is 0 Å². The van der Waals surface area contributed by atoms with Gasteiger partial charge in [0.05, 0.1) is 13.0 Å². The average Bonchev–Trinajstić information content (AvgIpc) is 2.60. The number of aromatic nitrogens is 2. The molecule has 6 nitrogen and oxygen atoms in total. The maximum Gasteiger partial charge on any atom is 0.254 e. The minimum Gasteiger partial charge on any atom is -0.497 e. The minimum absolute atomic E-state index is 0.0540. The van der Waals surface area contributed by atoms with Crippen LogP contribution in [0.1, 0.15) is 5.56 Å². The van der Waals surface area contributed by atoms with Crippen LogP contribution in [0.25, 0.3) is 0 Å². The number of carbonyl (C=O) groups is 1. The Morgan fingerprint density at radius 3 is 3.17 bits per heavy atom. The Bertz CT molecular complexity index is 775. The maximum atomic E-state index is 12.4. The van der Waals surface area contributed by atoms with E-state index in [1.807, 2.05) is 24.3 Å². The van der Waals surface area contributed by atoms with Gasteiger partial charge in [0, 0.05) is 31.1 Å². The Morgan fingerprint density at radius 2 is 2.35 bits per heavy atom. The van der Waals surface area contributed by atoms with Gasteiger partial charge in [-0.3, -0.25) is 14.2 Å². The van der Waals surface area contributed by atoms with Gasteiger partial charge >= 0.3 is 0 Å². The third-order valence-corrected chi connectivity index (χ3v) is 4.84. The minimum atomic E-state index is -0.236. The van der Waals surface area contributed by atoms with Crippen LogP contribution in [0.15, 0.2) is 46.5 Å². The molecule has 1 amide bonds.